The third kappa shape index (κ3) is 1.56. The smallest absolute Gasteiger partial charge is 0.263 e. The predicted octanol–water partition coefficient (Wildman–Crippen LogP) is 3.04. The number of amides is 2. The molecular weight excluding hydrogens is 272 g/mol. The van der Waals surface area contributed by atoms with Crippen LogP contribution >= 0.6 is 11.3 Å². The summed E-state index contributed by atoms with van der Waals surface area (Å²) in [5.74, 6) is -0.326. The number of benzene rings is 1. The van der Waals surface area contributed by atoms with Gasteiger partial charge in [-0.1, -0.05) is 23.5 Å². The van der Waals surface area contributed by atoms with E-state index in [0.717, 1.165) is 35.9 Å². The molecule has 2 heterocycles. The monoisotopic (exact) mass is 284 g/mol. The maximum absolute atomic E-state index is 12.4. The Labute approximate surface area is 119 Å². The molecule has 0 unspecified atom stereocenters. The quantitative estimate of drug-likeness (QED) is 0.756. The fourth-order valence-electron chi connectivity index (χ4n) is 2.87. The molecule has 1 aromatic heterocycles. The lowest BCUT2D eigenvalue weighted by Crippen LogP contribution is -2.31. The van der Waals surface area contributed by atoms with Crippen molar-refractivity contribution in [1.29, 1.82) is 0 Å². The minimum Gasteiger partial charge on any atom is -0.268 e. The first kappa shape index (κ1) is 11.8. The summed E-state index contributed by atoms with van der Waals surface area (Å²) >= 11 is 1.39. The van der Waals surface area contributed by atoms with E-state index in [1.807, 2.05) is 24.3 Å². The number of hydrogen-bond donors (Lipinski definition) is 0. The summed E-state index contributed by atoms with van der Waals surface area (Å²) in [4.78, 5) is 30.6. The molecule has 0 saturated heterocycles. The minimum atomic E-state index is -0.163. The first-order valence-electron chi connectivity index (χ1n) is 6.72. The highest BCUT2D eigenvalue weighted by Crippen LogP contribution is 2.38. The molecular formula is C15H12N2O2S. The van der Waals surface area contributed by atoms with E-state index in [1.165, 1.54) is 16.2 Å². The number of imide groups is 1. The minimum absolute atomic E-state index is 0.163. The van der Waals surface area contributed by atoms with E-state index in [9.17, 15) is 9.59 Å². The number of para-hydroxylation sites is 1. The van der Waals surface area contributed by atoms with Gasteiger partial charge in [-0.05, 0) is 37.8 Å². The number of carbonyl (C=O) groups excluding carboxylic acids is 2. The molecule has 1 aliphatic heterocycles. The topological polar surface area (TPSA) is 50.3 Å². The summed E-state index contributed by atoms with van der Waals surface area (Å²) in [6.07, 6.45) is 3.43. The number of thiazole rings is 1. The van der Waals surface area contributed by atoms with Crippen LogP contribution < -0.4 is 4.90 Å². The van der Waals surface area contributed by atoms with Crippen molar-refractivity contribution in [3.8, 4) is 0 Å². The summed E-state index contributed by atoms with van der Waals surface area (Å²) in [5.41, 5.74) is 2.25. The van der Waals surface area contributed by atoms with E-state index in [1.54, 1.807) is 0 Å². The van der Waals surface area contributed by atoms with Crippen LogP contribution in [0.2, 0.25) is 0 Å². The third-order valence-corrected chi connectivity index (χ3v) is 4.89. The summed E-state index contributed by atoms with van der Waals surface area (Å²) in [6, 6.07) is 7.69. The van der Waals surface area contributed by atoms with Crippen molar-refractivity contribution in [2.45, 2.75) is 25.7 Å². The fraction of sp³-hybridized carbons (Fsp3) is 0.267. The zero-order valence-corrected chi connectivity index (χ0v) is 11.6. The second-order valence-electron chi connectivity index (χ2n) is 5.07. The van der Waals surface area contributed by atoms with Crippen LogP contribution in [0, 0.1) is 0 Å². The molecule has 4 rings (SSSR count). The number of anilines is 1. The zero-order valence-electron chi connectivity index (χ0n) is 10.8. The lowest BCUT2D eigenvalue weighted by molar-refractivity contribution is -0.120. The molecule has 0 spiro atoms. The number of fused-ring (bicyclic) bond motifs is 1. The van der Waals surface area contributed by atoms with E-state index in [-0.39, 0.29) is 11.8 Å². The van der Waals surface area contributed by atoms with Gasteiger partial charge < -0.3 is 0 Å². The van der Waals surface area contributed by atoms with Gasteiger partial charge in [-0.15, -0.1) is 0 Å². The Morgan fingerprint density at radius 1 is 1.00 bits per heavy atom. The van der Waals surface area contributed by atoms with Gasteiger partial charge in [0.2, 0.25) is 5.13 Å². The number of rotatable bonds is 1. The van der Waals surface area contributed by atoms with Gasteiger partial charge in [0.05, 0.1) is 10.2 Å². The van der Waals surface area contributed by atoms with Gasteiger partial charge in [-0.3, -0.25) is 9.59 Å². The Kier molecular flexibility index (Phi) is 2.50. The SMILES string of the molecule is O=C1C2=C(CCCC2)C(=O)N1c1nc2ccccc2s1. The Morgan fingerprint density at radius 2 is 1.65 bits per heavy atom. The largest absolute Gasteiger partial charge is 0.268 e. The number of hydrogen-bond acceptors (Lipinski definition) is 4. The van der Waals surface area contributed by atoms with Crippen molar-refractivity contribution >= 4 is 38.5 Å². The Hall–Kier alpha value is -2.01. The average molecular weight is 284 g/mol. The predicted molar refractivity (Wildman–Crippen MR) is 77.6 cm³/mol. The van der Waals surface area contributed by atoms with Gasteiger partial charge in [0.25, 0.3) is 11.8 Å². The second-order valence-corrected chi connectivity index (χ2v) is 6.08. The molecule has 5 heteroatoms. The van der Waals surface area contributed by atoms with Crippen LogP contribution in [-0.4, -0.2) is 16.8 Å². The highest BCUT2D eigenvalue weighted by atomic mass is 32.1. The van der Waals surface area contributed by atoms with Crippen LogP contribution in [0.5, 0.6) is 0 Å². The molecule has 2 aliphatic rings. The molecule has 0 N–H and O–H groups in total. The lowest BCUT2D eigenvalue weighted by atomic mass is 9.93. The molecule has 2 aromatic rings. The molecule has 1 aliphatic carbocycles. The lowest BCUT2D eigenvalue weighted by Gasteiger charge is -2.10. The van der Waals surface area contributed by atoms with Gasteiger partial charge in [0, 0.05) is 11.1 Å². The summed E-state index contributed by atoms with van der Waals surface area (Å²) in [7, 11) is 0. The van der Waals surface area contributed by atoms with Crippen molar-refractivity contribution in [2.75, 3.05) is 4.90 Å². The highest BCUT2D eigenvalue weighted by Gasteiger charge is 2.41. The standard InChI is InChI=1S/C15H12N2O2S/c18-13-9-5-1-2-6-10(9)14(19)17(13)15-16-11-7-3-4-8-12(11)20-15/h3-4,7-8H,1-2,5-6H2. The normalized spacial score (nSPS) is 19.1. The first-order valence-corrected chi connectivity index (χ1v) is 7.54. The van der Waals surface area contributed by atoms with Crippen molar-refractivity contribution in [2.24, 2.45) is 0 Å². The van der Waals surface area contributed by atoms with Gasteiger partial charge in [-0.2, -0.15) is 0 Å². The van der Waals surface area contributed by atoms with Gasteiger partial charge >= 0.3 is 0 Å². The number of carbonyl (C=O) groups is 2. The van der Waals surface area contributed by atoms with Crippen LogP contribution in [0.25, 0.3) is 10.2 Å². The zero-order chi connectivity index (χ0) is 13.7. The number of aromatic nitrogens is 1. The number of nitrogens with zero attached hydrogens (tertiary/aromatic N) is 2. The van der Waals surface area contributed by atoms with E-state index in [4.69, 9.17) is 0 Å². The Morgan fingerprint density at radius 3 is 2.30 bits per heavy atom. The van der Waals surface area contributed by atoms with Gasteiger partial charge in [-0.25, -0.2) is 9.88 Å². The maximum atomic E-state index is 12.4. The highest BCUT2D eigenvalue weighted by molar-refractivity contribution is 7.22. The van der Waals surface area contributed by atoms with Crippen LogP contribution in [0.1, 0.15) is 25.7 Å². The summed E-state index contributed by atoms with van der Waals surface area (Å²) < 4.78 is 0.993. The van der Waals surface area contributed by atoms with E-state index >= 15 is 0 Å². The van der Waals surface area contributed by atoms with Gasteiger partial charge in [0.15, 0.2) is 0 Å². The molecule has 2 amide bonds. The van der Waals surface area contributed by atoms with Crippen LogP contribution in [0.3, 0.4) is 0 Å². The molecule has 0 fully saturated rings. The molecule has 1 aromatic carbocycles. The third-order valence-electron chi connectivity index (χ3n) is 3.86. The van der Waals surface area contributed by atoms with Crippen molar-refractivity contribution in [1.82, 2.24) is 4.98 Å². The van der Waals surface area contributed by atoms with Crippen molar-refractivity contribution in [3.05, 3.63) is 35.4 Å². The molecule has 20 heavy (non-hydrogen) atoms. The van der Waals surface area contributed by atoms with E-state index in [0.29, 0.717) is 16.3 Å². The van der Waals surface area contributed by atoms with Crippen molar-refractivity contribution < 1.29 is 9.59 Å². The molecule has 4 nitrogen and oxygen atoms in total. The summed E-state index contributed by atoms with van der Waals surface area (Å²) in [5, 5.41) is 0.496. The van der Waals surface area contributed by atoms with Crippen molar-refractivity contribution in [3.63, 3.8) is 0 Å². The molecule has 0 bridgehead atoms. The maximum Gasteiger partial charge on any atom is 0.263 e. The van der Waals surface area contributed by atoms with Gasteiger partial charge in [0.1, 0.15) is 0 Å². The fourth-order valence-corrected chi connectivity index (χ4v) is 3.83. The Balaban J connectivity index is 1.80. The van der Waals surface area contributed by atoms with Crippen LogP contribution in [0.15, 0.2) is 35.4 Å². The van der Waals surface area contributed by atoms with Crippen LogP contribution in [-0.2, 0) is 9.59 Å². The molecule has 0 atom stereocenters. The molecule has 0 radical (unpaired) electrons. The molecule has 100 valence electrons. The van der Waals surface area contributed by atoms with E-state index in [2.05, 4.69) is 4.98 Å². The second kappa shape index (κ2) is 4.24. The Bertz CT molecular complexity index is 714. The van der Waals surface area contributed by atoms with E-state index < -0.39 is 0 Å². The first-order chi connectivity index (χ1) is 9.75. The average Bonchev–Trinajstić information content (AvgIpc) is 3.00. The molecule has 0 saturated carbocycles. The summed E-state index contributed by atoms with van der Waals surface area (Å²) in [6.45, 7) is 0. The van der Waals surface area contributed by atoms with Crippen LogP contribution in [0.4, 0.5) is 5.13 Å².